The van der Waals surface area contributed by atoms with E-state index >= 15 is 0 Å². The van der Waals surface area contributed by atoms with Crippen LogP contribution in [0.4, 0.5) is 0 Å². The second-order valence-corrected chi connectivity index (χ2v) is 13.1. The van der Waals surface area contributed by atoms with Crippen LogP contribution in [0.15, 0.2) is 30.3 Å². The number of esters is 1. The van der Waals surface area contributed by atoms with E-state index in [2.05, 4.69) is 13.8 Å². The first-order valence-electron chi connectivity index (χ1n) is 19.3. The van der Waals surface area contributed by atoms with Crippen LogP contribution in [0, 0.1) is 4.91 Å². The van der Waals surface area contributed by atoms with Gasteiger partial charge >= 0.3 is 5.97 Å². The number of benzene rings is 1. The molecule has 0 saturated carbocycles. The highest BCUT2D eigenvalue weighted by molar-refractivity contribution is 5.81. The van der Waals surface area contributed by atoms with E-state index in [0.717, 1.165) is 44.1 Å². The van der Waals surface area contributed by atoms with Crippen LogP contribution < -0.4 is 0 Å². The van der Waals surface area contributed by atoms with Gasteiger partial charge in [0.15, 0.2) is 6.29 Å². The molecule has 2 unspecified atom stereocenters. The van der Waals surface area contributed by atoms with E-state index in [-0.39, 0.29) is 51.8 Å². The molecule has 0 heterocycles. The molecule has 1 rings (SSSR count). The summed E-state index contributed by atoms with van der Waals surface area (Å²) in [5.41, 5.74) is 0.828. The lowest BCUT2D eigenvalue weighted by atomic mass is 10.0. The van der Waals surface area contributed by atoms with Crippen molar-refractivity contribution in [3.63, 3.8) is 0 Å². The van der Waals surface area contributed by atoms with Gasteiger partial charge < -0.3 is 24.6 Å². The highest BCUT2D eigenvalue weighted by Gasteiger charge is 2.36. The van der Waals surface area contributed by atoms with Crippen molar-refractivity contribution in [2.45, 2.75) is 161 Å². The Bertz CT molecular complexity index is 930. The molecule has 0 bridgehead atoms. The van der Waals surface area contributed by atoms with Crippen molar-refractivity contribution >= 4 is 11.9 Å². The normalized spacial score (nSPS) is 12.5. The number of aliphatic hydroxyl groups is 2. The van der Waals surface area contributed by atoms with Gasteiger partial charge in [0.1, 0.15) is 13.2 Å². The third-order valence-corrected chi connectivity index (χ3v) is 8.87. The zero-order valence-corrected chi connectivity index (χ0v) is 30.5. The molecule has 276 valence electrons. The van der Waals surface area contributed by atoms with Crippen molar-refractivity contribution in [2.24, 2.45) is 0 Å². The Morgan fingerprint density at radius 2 is 1.27 bits per heavy atom. The maximum Gasteiger partial charge on any atom is 0.305 e. The Morgan fingerprint density at radius 3 is 1.83 bits per heavy atom. The van der Waals surface area contributed by atoms with Crippen LogP contribution in [0.2, 0.25) is 0 Å². The predicted octanol–water partition coefficient (Wildman–Crippen LogP) is 7.92. The highest BCUT2D eigenvalue weighted by Crippen LogP contribution is 2.14. The number of rotatable bonds is 33. The summed E-state index contributed by atoms with van der Waals surface area (Å²) >= 11 is 0. The van der Waals surface area contributed by atoms with Gasteiger partial charge in [-0.15, -0.1) is 0 Å². The van der Waals surface area contributed by atoms with Crippen LogP contribution in [-0.2, 0) is 25.5 Å². The van der Waals surface area contributed by atoms with E-state index in [1.165, 1.54) is 81.9 Å². The second kappa shape index (κ2) is 30.7. The van der Waals surface area contributed by atoms with E-state index in [0.29, 0.717) is 17.6 Å². The molecule has 9 nitrogen and oxygen atoms in total. The van der Waals surface area contributed by atoms with Crippen molar-refractivity contribution in [3.8, 4) is 0 Å². The third-order valence-electron chi connectivity index (χ3n) is 8.87. The van der Waals surface area contributed by atoms with Crippen molar-refractivity contribution in [3.05, 3.63) is 40.8 Å². The molecule has 48 heavy (non-hydrogen) atoms. The predicted molar refractivity (Wildman–Crippen MR) is 193 cm³/mol. The molecular weight excluding hydrogens is 608 g/mol. The zero-order valence-electron chi connectivity index (χ0n) is 30.5. The van der Waals surface area contributed by atoms with Gasteiger partial charge in [0.25, 0.3) is 11.9 Å². The summed E-state index contributed by atoms with van der Waals surface area (Å²) < 4.78 is 11.8. The van der Waals surface area contributed by atoms with Crippen LogP contribution in [-0.4, -0.2) is 83.5 Å². The fourth-order valence-corrected chi connectivity index (χ4v) is 5.88. The molecule has 1 aromatic rings. The summed E-state index contributed by atoms with van der Waals surface area (Å²) in [7, 11) is 0. The third kappa shape index (κ3) is 23.1. The van der Waals surface area contributed by atoms with Crippen molar-refractivity contribution < 1.29 is 34.0 Å². The summed E-state index contributed by atoms with van der Waals surface area (Å²) in [5.74, 6) is -0.709. The largest absolute Gasteiger partial charge is 0.464 e. The number of carbonyl (C=O) groups is 2. The van der Waals surface area contributed by atoms with Gasteiger partial charge in [0.05, 0.1) is 13.2 Å². The number of nitrogens with zero attached hydrogens (tertiary/aromatic N) is 2. The summed E-state index contributed by atoms with van der Waals surface area (Å²) in [5, 5.41) is 19.8. The lowest BCUT2D eigenvalue weighted by molar-refractivity contribution is -0.575. The van der Waals surface area contributed by atoms with Gasteiger partial charge in [-0.1, -0.05) is 147 Å². The molecule has 0 aromatic heterocycles. The Balaban J connectivity index is 2.60. The summed E-state index contributed by atoms with van der Waals surface area (Å²) in [4.78, 5) is 40.6. The van der Waals surface area contributed by atoms with Gasteiger partial charge in [0.2, 0.25) is 6.54 Å². The summed E-state index contributed by atoms with van der Waals surface area (Å²) in [6.07, 6.45) is 21.3. The maximum absolute atomic E-state index is 13.8. The van der Waals surface area contributed by atoms with Gasteiger partial charge in [-0.05, 0) is 24.8 Å². The van der Waals surface area contributed by atoms with Crippen LogP contribution in [0.25, 0.3) is 0 Å². The fourth-order valence-electron chi connectivity index (χ4n) is 5.88. The first kappa shape index (κ1) is 43.7. The van der Waals surface area contributed by atoms with Gasteiger partial charge in [-0.25, -0.2) is 0 Å². The molecule has 0 saturated heterocycles. The minimum Gasteiger partial charge on any atom is -0.464 e. The fraction of sp³-hybridized carbons (Fsp3) is 0.795. The molecule has 0 fully saturated rings. The summed E-state index contributed by atoms with van der Waals surface area (Å²) in [6.45, 7) is 4.23. The number of nitroso groups, excluding NO2 is 1. The molecule has 2 N–H and O–H groups in total. The average Bonchev–Trinajstić information content (AvgIpc) is 3.08. The molecule has 9 heteroatoms. The topological polar surface area (TPSA) is 116 Å². The second-order valence-electron chi connectivity index (χ2n) is 13.1. The molecule has 0 radical (unpaired) electrons. The van der Waals surface area contributed by atoms with E-state index in [9.17, 15) is 24.7 Å². The van der Waals surface area contributed by atoms with E-state index in [1.807, 2.05) is 30.3 Å². The summed E-state index contributed by atoms with van der Waals surface area (Å²) in [6, 6.07) is 8.24. The Labute approximate surface area is 291 Å². The minimum atomic E-state index is -1.05. The molecule has 0 spiro atoms. The van der Waals surface area contributed by atoms with Crippen LogP contribution >= 0.6 is 0 Å². The number of hydrogen-bond donors (Lipinski definition) is 2. The quantitative estimate of drug-likeness (QED) is 0.0336. The lowest BCUT2D eigenvalue weighted by Gasteiger charge is -2.25. The van der Waals surface area contributed by atoms with Crippen LogP contribution in [0.3, 0.4) is 0 Å². The monoisotopic (exact) mass is 678 g/mol. The molecule has 1 aromatic carbocycles. The maximum atomic E-state index is 13.8. The standard InChI is InChI=1S/C39H69N2O7/c1-3-5-7-9-11-13-15-17-22-26-37(43)47-32-29-40(30-33-48-38(44)27-23-18-16-14-12-10-8-6-4-2)39(45)36(41(46)28-31-42)34-35-24-20-19-21-25-35/h19-21,24-25,36-37,42-43H,3-18,22-23,26-34H2,1-2H3/q+1. The van der Waals surface area contributed by atoms with Gasteiger partial charge in [-0.2, -0.15) is 0 Å². The first-order chi connectivity index (χ1) is 23.4. The van der Waals surface area contributed by atoms with Crippen LogP contribution in [0.5, 0.6) is 0 Å². The van der Waals surface area contributed by atoms with E-state index in [4.69, 9.17) is 9.47 Å². The van der Waals surface area contributed by atoms with Crippen LogP contribution in [0.1, 0.15) is 148 Å². The number of ether oxygens (including phenoxy) is 2. The van der Waals surface area contributed by atoms with Crippen molar-refractivity contribution in [2.75, 3.05) is 39.5 Å². The van der Waals surface area contributed by atoms with Crippen molar-refractivity contribution in [1.82, 2.24) is 4.90 Å². The van der Waals surface area contributed by atoms with Crippen molar-refractivity contribution in [1.29, 1.82) is 0 Å². The molecule has 1 amide bonds. The number of aliphatic hydroxyl groups excluding tert-OH is 2. The number of carbonyl (C=O) groups excluding carboxylic acids is 2. The number of hydrogen-bond acceptors (Lipinski definition) is 7. The zero-order chi connectivity index (χ0) is 35.1. The molecule has 2 atom stereocenters. The van der Waals surface area contributed by atoms with E-state index < -0.39 is 18.2 Å². The molecule has 0 aliphatic carbocycles. The molecule has 0 aliphatic rings. The SMILES string of the molecule is CCCCCCCCCCCC(=O)OCCN(CCOC(O)CCCCCCCCCCC)C(=O)C(Cc1ccccc1)[N+](=O)CCO. The highest BCUT2D eigenvalue weighted by atomic mass is 16.6. The lowest BCUT2D eigenvalue weighted by Crippen LogP contribution is -2.48. The first-order valence-corrected chi connectivity index (χ1v) is 19.3. The number of amides is 1. The Hall–Kier alpha value is -2.36. The minimum absolute atomic E-state index is 0.0138. The molecule has 0 aliphatic heterocycles. The number of unbranched alkanes of at least 4 members (excludes halogenated alkanes) is 16. The van der Waals surface area contributed by atoms with Gasteiger partial charge in [-0.3, -0.25) is 9.59 Å². The Morgan fingerprint density at radius 1 is 0.750 bits per heavy atom. The molecular formula is C39H69N2O7+. The van der Waals surface area contributed by atoms with Gasteiger partial charge in [0, 0.05) is 29.1 Å². The Kier molecular flexibility index (Phi) is 27.9. The van der Waals surface area contributed by atoms with E-state index in [1.54, 1.807) is 0 Å². The average molecular weight is 678 g/mol. The smallest absolute Gasteiger partial charge is 0.305 e.